The monoisotopic (exact) mass is 352 g/mol. The number of halogens is 1. The lowest BCUT2D eigenvalue weighted by atomic mass is 9.99. The zero-order valence-electron chi connectivity index (χ0n) is 11.5. The summed E-state index contributed by atoms with van der Waals surface area (Å²) in [4.78, 5) is 24.3. The molecule has 1 aromatic rings. The number of carbonyl (C=O) groups is 2. The van der Waals surface area contributed by atoms with Gasteiger partial charge in [0.2, 0.25) is 5.91 Å². The quantitative estimate of drug-likeness (QED) is 0.815. The first-order valence-corrected chi connectivity index (χ1v) is 7.55. The van der Waals surface area contributed by atoms with Crippen LogP contribution in [0.15, 0.2) is 28.7 Å². The van der Waals surface area contributed by atoms with Gasteiger partial charge in [0, 0.05) is 22.8 Å². The number of rotatable bonds is 4. The second kappa shape index (κ2) is 6.76. The Labute approximate surface area is 131 Å². The number of carboxylic acid groups (broad SMARTS) is 1. The van der Waals surface area contributed by atoms with Gasteiger partial charge < -0.3 is 15.7 Å². The standard InChI is InChI=1S/C15H17BrN2O3/c16-11-5-6-12(10(9-11)4-7-14(19)20)18-8-2-1-3-13(18)15(17)21/h4-7,9,13H,1-3,8H2,(H2,17,21)(H,19,20)/b7-4+. The lowest BCUT2D eigenvalue weighted by Crippen LogP contribution is -2.48. The average molecular weight is 353 g/mol. The molecule has 0 radical (unpaired) electrons. The highest BCUT2D eigenvalue weighted by Gasteiger charge is 2.28. The van der Waals surface area contributed by atoms with Gasteiger partial charge in [0.05, 0.1) is 0 Å². The number of amides is 1. The number of nitrogens with zero attached hydrogens (tertiary/aromatic N) is 1. The number of piperidine rings is 1. The molecule has 1 fully saturated rings. The van der Waals surface area contributed by atoms with E-state index in [4.69, 9.17) is 10.8 Å². The van der Waals surface area contributed by atoms with Gasteiger partial charge >= 0.3 is 5.97 Å². The predicted molar refractivity (Wildman–Crippen MR) is 85.0 cm³/mol. The smallest absolute Gasteiger partial charge is 0.328 e. The molecule has 1 aromatic carbocycles. The van der Waals surface area contributed by atoms with Crippen LogP contribution >= 0.6 is 15.9 Å². The summed E-state index contributed by atoms with van der Waals surface area (Å²) in [5.41, 5.74) is 7.08. The molecule has 2 rings (SSSR count). The summed E-state index contributed by atoms with van der Waals surface area (Å²) in [5.74, 6) is -1.35. The molecule has 5 nitrogen and oxygen atoms in total. The lowest BCUT2D eigenvalue weighted by Gasteiger charge is -2.36. The molecule has 3 N–H and O–H groups in total. The Kier molecular flexibility index (Phi) is 5.01. The molecule has 1 heterocycles. The van der Waals surface area contributed by atoms with Crippen molar-refractivity contribution in [3.05, 3.63) is 34.3 Å². The van der Waals surface area contributed by atoms with Gasteiger partial charge in [0.1, 0.15) is 6.04 Å². The van der Waals surface area contributed by atoms with Gasteiger partial charge in [-0.3, -0.25) is 4.79 Å². The van der Waals surface area contributed by atoms with E-state index in [1.54, 1.807) is 0 Å². The van der Waals surface area contributed by atoms with Crippen molar-refractivity contribution in [2.75, 3.05) is 11.4 Å². The van der Waals surface area contributed by atoms with Crippen molar-refractivity contribution >= 4 is 39.6 Å². The molecule has 1 atom stereocenters. The SMILES string of the molecule is NC(=O)C1CCCCN1c1ccc(Br)cc1/C=C/C(=O)O. The van der Waals surface area contributed by atoms with E-state index in [2.05, 4.69) is 15.9 Å². The summed E-state index contributed by atoms with van der Waals surface area (Å²) in [6.07, 6.45) is 5.32. The molecule has 0 aromatic heterocycles. The number of anilines is 1. The van der Waals surface area contributed by atoms with Crippen LogP contribution in [0, 0.1) is 0 Å². The van der Waals surface area contributed by atoms with Gasteiger partial charge in [-0.2, -0.15) is 0 Å². The molecular weight excluding hydrogens is 336 g/mol. The van der Waals surface area contributed by atoms with E-state index in [9.17, 15) is 9.59 Å². The van der Waals surface area contributed by atoms with Crippen molar-refractivity contribution in [2.45, 2.75) is 25.3 Å². The topological polar surface area (TPSA) is 83.6 Å². The van der Waals surface area contributed by atoms with E-state index in [1.807, 2.05) is 23.1 Å². The first-order chi connectivity index (χ1) is 9.99. The molecule has 112 valence electrons. The Hall–Kier alpha value is -1.82. The van der Waals surface area contributed by atoms with E-state index in [0.29, 0.717) is 0 Å². The fourth-order valence-corrected chi connectivity index (χ4v) is 2.98. The molecule has 1 unspecified atom stereocenters. The molecule has 1 aliphatic heterocycles. The predicted octanol–water partition coefficient (Wildman–Crippen LogP) is 2.39. The maximum Gasteiger partial charge on any atom is 0.328 e. The van der Waals surface area contributed by atoms with Gasteiger partial charge in [0.25, 0.3) is 0 Å². The van der Waals surface area contributed by atoms with Crippen LogP contribution < -0.4 is 10.6 Å². The summed E-state index contributed by atoms with van der Waals surface area (Å²) < 4.78 is 0.851. The summed E-state index contributed by atoms with van der Waals surface area (Å²) in [7, 11) is 0. The van der Waals surface area contributed by atoms with E-state index < -0.39 is 5.97 Å². The Morgan fingerprint density at radius 3 is 2.81 bits per heavy atom. The zero-order chi connectivity index (χ0) is 15.4. The van der Waals surface area contributed by atoms with Crippen molar-refractivity contribution in [1.82, 2.24) is 0 Å². The molecule has 6 heteroatoms. The number of primary amides is 1. The van der Waals surface area contributed by atoms with E-state index in [0.717, 1.165) is 47.6 Å². The van der Waals surface area contributed by atoms with Gasteiger partial charge in [0.15, 0.2) is 0 Å². The molecule has 0 spiro atoms. The summed E-state index contributed by atoms with van der Waals surface area (Å²) >= 11 is 3.38. The number of hydrogen-bond donors (Lipinski definition) is 2. The van der Waals surface area contributed by atoms with Gasteiger partial charge in [-0.15, -0.1) is 0 Å². The number of carboxylic acids is 1. The second-order valence-corrected chi connectivity index (χ2v) is 5.90. The van der Waals surface area contributed by atoms with E-state index in [1.165, 1.54) is 6.08 Å². The van der Waals surface area contributed by atoms with Crippen molar-refractivity contribution in [2.24, 2.45) is 5.73 Å². The number of aliphatic carboxylic acids is 1. The van der Waals surface area contributed by atoms with Crippen molar-refractivity contribution in [3.63, 3.8) is 0 Å². The van der Waals surface area contributed by atoms with Crippen LogP contribution in [-0.4, -0.2) is 29.6 Å². The van der Waals surface area contributed by atoms with Crippen LogP contribution in [0.4, 0.5) is 5.69 Å². The lowest BCUT2D eigenvalue weighted by molar-refractivity contribution is -0.131. The van der Waals surface area contributed by atoms with Gasteiger partial charge in [-0.25, -0.2) is 4.79 Å². The Morgan fingerprint density at radius 1 is 1.38 bits per heavy atom. The molecule has 0 bridgehead atoms. The van der Waals surface area contributed by atoms with Crippen LogP contribution in [-0.2, 0) is 9.59 Å². The summed E-state index contributed by atoms with van der Waals surface area (Å²) in [6, 6.07) is 5.26. The maximum atomic E-state index is 11.6. The number of hydrogen-bond acceptors (Lipinski definition) is 3. The first kappa shape index (κ1) is 15.6. The second-order valence-electron chi connectivity index (χ2n) is 4.98. The minimum absolute atomic E-state index is 0.336. The molecular formula is C15H17BrN2O3. The minimum atomic E-state index is -1.01. The molecule has 21 heavy (non-hydrogen) atoms. The maximum absolute atomic E-state index is 11.6. The van der Waals surface area contributed by atoms with Crippen LogP contribution in [0.3, 0.4) is 0 Å². The van der Waals surface area contributed by atoms with Crippen LogP contribution in [0.25, 0.3) is 6.08 Å². The normalized spacial score (nSPS) is 18.9. The highest BCUT2D eigenvalue weighted by atomic mass is 79.9. The Morgan fingerprint density at radius 2 is 2.14 bits per heavy atom. The van der Waals surface area contributed by atoms with Crippen LogP contribution in [0.1, 0.15) is 24.8 Å². The number of nitrogens with two attached hydrogens (primary N) is 1. The highest BCUT2D eigenvalue weighted by Crippen LogP contribution is 2.31. The Bertz CT molecular complexity index is 586. The fourth-order valence-electron chi connectivity index (χ4n) is 2.60. The largest absolute Gasteiger partial charge is 0.478 e. The minimum Gasteiger partial charge on any atom is -0.478 e. The highest BCUT2D eigenvalue weighted by molar-refractivity contribution is 9.10. The summed E-state index contributed by atoms with van der Waals surface area (Å²) in [6.45, 7) is 0.739. The third-order valence-electron chi connectivity index (χ3n) is 3.54. The number of carbonyl (C=O) groups excluding carboxylic acids is 1. The van der Waals surface area contributed by atoms with Crippen molar-refractivity contribution < 1.29 is 14.7 Å². The van der Waals surface area contributed by atoms with E-state index >= 15 is 0 Å². The third kappa shape index (κ3) is 3.85. The van der Waals surface area contributed by atoms with Gasteiger partial charge in [-0.1, -0.05) is 15.9 Å². The molecule has 0 aliphatic carbocycles. The zero-order valence-corrected chi connectivity index (χ0v) is 13.0. The fraction of sp³-hybridized carbons (Fsp3) is 0.333. The van der Waals surface area contributed by atoms with Crippen LogP contribution in [0.5, 0.6) is 0 Å². The Balaban J connectivity index is 2.41. The van der Waals surface area contributed by atoms with Crippen molar-refractivity contribution in [1.29, 1.82) is 0 Å². The summed E-state index contributed by atoms with van der Waals surface area (Å²) in [5, 5.41) is 8.80. The number of benzene rings is 1. The molecule has 1 aliphatic rings. The third-order valence-corrected chi connectivity index (χ3v) is 4.03. The van der Waals surface area contributed by atoms with Crippen molar-refractivity contribution in [3.8, 4) is 0 Å². The molecule has 1 saturated heterocycles. The molecule has 0 saturated carbocycles. The average Bonchev–Trinajstić information content (AvgIpc) is 2.45. The first-order valence-electron chi connectivity index (χ1n) is 6.75. The molecule has 1 amide bonds. The van der Waals surface area contributed by atoms with Crippen LogP contribution in [0.2, 0.25) is 0 Å². The van der Waals surface area contributed by atoms with E-state index in [-0.39, 0.29) is 11.9 Å². The van der Waals surface area contributed by atoms with Gasteiger partial charge in [-0.05, 0) is 49.1 Å².